The van der Waals surface area contributed by atoms with Gasteiger partial charge in [0.05, 0.1) is 0 Å². The molecular weight excluding hydrogens is 236 g/mol. The summed E-state index contributed by atoms with van der Waals surface area (Å²) in [4.78, 5) is 13.5. The van der Waals surface area contributed by atoms with Crippen LogP contribution in [-0.4, -0.2) is 24.0 Å². The first-order chi connectivity index (χ1) is 8.16. The molecule has 1 aromatic carbocycles. The maximum absolute atomic E-state index is 11.8. The Balaban J connectivity index is 1.89. The van der Waals surface area contributed by atoms with E-state index in [2.05, 4.69) is 5.32 Å². The average molecular weight is 253 g/mol. The number of carbonyl (C=O) groups excluding carboxylic acids is 1. The van der Waals surface area contributed by atoms with Crippen LogP contribution in [-0.2, 0) is 6.54 Å². The van der Waals surface area contributed by atoms with Gasteiger partial charge in [-0.3, -0.25) is 0 Å². The molecule has 92 valence electrons. The summed E-state index contributed by atoms with van der Waals surface area (Å²) in [6.07, 6.45) is 3.43. The van der Waals surface area contributed by atoms with Crippen LogP contribution in [0.2, 0.25) is 5.02 Å². The van der Waals surface area contributed by atoms with E-state index in [0.717, 1.165) is 18.4 Å². The Morgan fingerprint density at radius 1 is 1.47 bits per heavy atom. The van der Waals surface area contributed by atoms with Crippen molar-refractivity contribution in [1.29, 1.82) is 0 Å². The molecule has 0 saturated heterocycles. The largest absolute Gasteiger partial charge is 0.335 e. The molecule has 1 saturated carbocycles. The van der Waals surface area contributed by atoms with Gasteiger partial charge in [-0.15, -0.1) is 0 Å². The van der Waals surface area contributed by atoms with Crippen molar-refractivity contribution in [3.8, 4) is 0 Å². The molecule has 1 aliphatic carbocycles. The van der Waals surface area contributed by atoms with Gasteiger partial charge < -0.3 is 10.2 Å². The molecule has 0 aromatic heterocycles. The Morgan fingerprint density at radius 3 is 2.76 bits per heavy atom. The molecule has 2 amide bonds. The van der Waals surface area contributed by atoms with Crippen molar-refractivity contribution >= 4 is 17.6 Å². The fraction of sp³-hybridized carbons (Fsp3) is 0.462. The fourth-order valence-electron chi connectivity index (χ4n) is 1.79. The van der Waals surface area contributed by atoms with Crippen LogP contribution in [0.1, 0.15) is 24.8 Å². The third-order valence-corrected chi connectivity index (χ3v) is 3.51. The van der Waals surface area contributed by atoms with Gasteiger partial charge in [0, 0.05) is 24.7 Å². The molecule has 0 radical (unpaired) electrons. The van der Waals surface area contributed by atoms with Crippen LogP contribution in [0.3, 0.4) is 0 Å². The zero-order valence-corrected chi connectivity index (χ0v) is 10.7. The van der Waals surface area contributed by atoms with Gasteiger partial charge in [-0.25, -0.2) is 4.79 Å². The predicted octanol–water partition coefficient (Wildman–Crippen LogP) is 3.03. The topological polar surface area (TPSA) is 32.3 Å². The lowest BCUT2D eigenvalue weighted by molar-refractivity contribution is 0.195. The molecule has 0 heterocycles. The number of nitrogens with one attached hydrogen (secondary N) is 1. The summed E-state index contributed by atoms with van der Waals surface area (Å²) in [5, 5.41) is 3.70. The van der Waals surface area contributed by atoms with Gasteiger partial charge in [0.25, 0.3) is 0 Å². The zero-order chi connectivity index (χ0) is 12.3. The Kier molecular flexibility index (Phi) is 3.89. The van der Waals surface area contributed by atoms with Crippen LogP contribution in [0.15, 0.2) is 24.3 Å². The lowest BCUT2D eigenvalue weighted by atomic mass is 9.93. The molecule has 3 nitrogen and oxygen atoms in total. The molecule has 0 bridgehead atoms. The molecule has 2 rings (SSSR count). The first-order valence-corrected chi connectivity index (χ1v) is 6.29. The SMILES string of the molecule is CN(Cc1ccccc1Cl)C(=O)NC1CCC1. The first kappa shape index (κ1) is 12.2. The van der Waals surface area contributed by atoms with Crippen LogP contribution in [0.5, 0.6) is 0 Å². The third kappa shape index (κ3) is 3.13. The van der Waals surface area contributed by atoms with Crippen molar-refractivity contribution in [1.82, 2.24) is 10.2 Å². The quantitative estimate of drug-likeness (QED) is 0.881. The Bertz CT molecular complexity index is 404. The summed E-state index contributed by atoms with van der Waals surface area (Å²) < 4.78 is 0. The van der Waals surface area contributed by atoms with E-state index in [1.807, 2.05) is 24.3 Å². The number of halogens is 1. The second kappa shape index (κ2) is 5.41. The van der Waals surface area contributed by atoms with Gasteiger partial charge in [-0.05, 0) is 30.9 Å². The molecule has 0 spiro atoms. The minimum Gasteiger partial charge on any atom is -0.335 e. The first-order valence-electron chi connectivity index (χ1n) is 5.92. The number of benzene rings is 1. The van der Waals surface area contributed by atoms with Crippen LogP contribution >= 0.6 is 11.6 Å². The highest BCUT2D eigenvalue weighted by atomic mass is 35.5. The second-order valence-corrected chi connectivity index (χ2v) is 4.93. The highest BCUT2D eigenvalue weighted by molar-refractivity contribution is 6.31. The zero-order valence-electron chi connectivity index (χ0n) is 9.95. The molecule has 0 unspecified atom stereocenters. The summed E-state index contributed by atoms with van der Waals surface area (Å²) in [6, 6.07) is 7.95. The summed E-state index contributed by atoms with van der Waals surface area (Å²) in [5.74, 6) is 0. The van der Waals surface area contributed by atoms with E-state index < -0.39 is 0 Å². The van der Waals surface area contributed by atoms with E-state index >= 15 is 0 Å². The van der Waals surface area contributed by atoms with Gasteiger partial charge in [0.15, 0.2) is 0 Å². The van der Waals surface area contributed by atoms with E-state index in [1.165, 1.54) is 6.42 Å². The Hall–Kier alpha value is -1.22. The molecule has 17 heavy (non-hydrogen) atoms. The lowest BCUT2D eigenvalue weighted by Gasteiger charge is -2.29. The van der Waals surface area contributed by atoms with Crippen molar-refractivity contribution in [3.05, 3.63) is 34.9 Å². The number of amides is 2. The van der Waals surface area contributed by atoms with Crippen LogP contribution in [0.25, 0.3) is 0 Å². The maximum Gasteiger partial charge on any atom is 0.317 e. The number of rotatable bonds is 3. The third-order valence-electron chi connectivity index (χ3n) is 3.14. The van der Waals surface area contributed by atoms with Crippen molar-refractivity contribution in [2.45, 2.75) is 31.8 Å². The minimum absolute atomic E-state index is 0.0189. The lowest BCUT2D eigenvalue weighted by Crippen LogP contribution is -2.45. The number of hydrogen-bond acceptors (Lipinski definition) is 1. The van der Waals surface area contributed by atoms with Crippen molar-refractivity contribution < 1.29 is 4.79 Å². The molecule has 0 atom stereocenters. The van der Waals surface area contributed by atoms with Crippen molar-refractivity contribution in [2.75, 3.05) is 7.05 Å². The molecule has 1 aliphatic rings. The second-order valence-electron chi connectivity index (χ2n) is 4.52. The van der Waals surface area contributed by atoms with Crippen LogP contribution in [0, 0.1) is 0 Å². The van der Waals surface area contributed by atoms with Crippen molar-refractivity contribution in [3.63, 3.8) is 0 Å². The fourth-order valence-corrected chi connectivity index (χ4v) is 1.99. The van der Waals surface area contributed by atoms with Gasteiger partial charge >= 0.3 is 6.03 Å². The molecule has 4 heteroatoms. The summed E-state index contributed by atoms with van der Waals surface area (Å²) in [7, 11) is 1.79. The van der Waals surface area contributed by atoms with Crippen molar-refractivity contribution in [2.24, 2.45) is 0 Å². The standard InChI is InChI=1S/C13H17ClN2O/c1-16(13(17)15-11-6-4-7-11)9-10-5-2-3-8-12(10)14/h2-3,5,8,11H,4,6-7,9H2,1H3,(H,15,17). The van der Waals surface area contributed by atoms with E-state index in [1.54, 1.807) is 11.9 Å². The summed E-state index contributed by atoms with van der Waals surface area (Å²) >= 11 is 6.06. The van der Waals surface area contributed by atoms with E-state index in [9.17, 15) is 4.79 Å². The van der Waals surface area contributed by atoms with E-state index in [0.29, 0.717) is 17.6 Å². The highest BCUT2D eigenvalue weighted by Crippen LogP contribution is 2.19. The monoisotopic (exact) mass is 252 g/mol. The van der Waals surface area contributed by atoms with Gasteiger partial charge in [0.2, 0.25) is 0 Å². The maximum atomic E-state index is 11.8. The summed E-state index contributed by atoms with van der Waals surface area (Å²) in [5.41, 5.74) is 0.973. The van der Waals surface area contributed by atoms with E-state index in [4.69, 9.17) is 11.6 Å². The Labute approximate surface area is 107 Å². The van der Waals surface area contributed by atoms with Gasteiger partial charge in [-0.2, -0.15) is 0 Å². The number of carbonyl (C=O) groups is 1. The highest BCUT2D eigenvalue weighted by Gasteiger charge is 2.21. The smallest absolute Gasteiger partial charge is 0.317 e. The minimum atomic E-state index is -0.0189. The average Bonchev–Trinajstić information content (AvgIpc) is 2.26. The Morgan fingerprint density at radius 2 is 2.18 bits per heavy atom. The number of urea groups is 1. The number of nitrogens with zero attached hydrogens (tertiary/aromatic N) is 1. The molecule has 0 aliphatic heterocycles. The number of hydrogen-bond donors (Lipinski definition) is 1. The predicted molar refractivity (Wildman–Crippen MR) is 69.1 cm³/mol. The molecule has 1 N–H and O–H groups in total. The van der Waals surface area contributed by atoms with Gasteiger partial charge in [-0.1, -0.05) is 29.8 Å². The van der Waals surface area contributed by atoms with Crippen LogP contribution in [0.4, 0.5) is 4.79 Å². The molecular formula is C13H17ClN2O. The van der Waals surface area contributed by atoms with Crippen LogP contribution < -0.4 is 5.32 Å². The van der Waals surface area contributed by atoms with E-state index in [-0.39, 0.29) is 6.03 Å². The summed E-state index contributed by atoms with van der Waals surface area (Å²) in [6.45, 7) is 0.540. The van der Waals surface area contributed by atoms with Gasteiger partial charge in [0.1, 0.15) is 0 Å². The normalized spacial score (nSPS) is 15.2. The molecule has 1 aromatic rings. The molecule has 1 fully saturated rings.